The number of rotatable bonds is 6. The molecule has 1 fully saturated rings. The molecule has 2 aliphatic heterocycles. The number of carbonyl (C=O) groups is 3. The third-order valence-electron chi connectivity index (χ3n) is 9.63. The van der Waals surface area contributed by atoms with Crippen LogP contribution in [0.3, 0.4) is 0 Å². The van der Waals surface area contributed by atoms with E-state index in [4.69, 9.17) is 29.7 Å². The number of fused-ring (bicyclic) bond motifs is 7. The number of esters is 2. The van der Waals surface area contributed by atoms with Gasteiger partial charge >= 0.3 is 11.9 Å². The fourth-order valence-electron chi connectivity index (χ4n) is 7.02. The van der Waals surface area contributed by atoms with Gasteiger partial charge in [0.1, 0.15) is 5.92 Å². The van der Waals surface area contributed by atoms with Crippen molar-refractivity contribution in [3.05, 3.63) is 90.1 Å². The molecule has 6 rings (SSSR count). The van der Waals surface area contributed by atoms with Gasteiger partial charge in [-0.1, -0.05) is 72.6 Å². The molecule has 3 aliphatic rings. The molecule has 0 aromatic carbocycles. The fraction of sp³-hybridized carbons (Fsp3) is 0.361. The zero-order chi connectivity index (χ0) is 32.3. The average Bonchev–Trinajstić information content (AvgIpc) is 3.76. The molecule has 9 nitrogen and oxygen atoms in total. The maximum atomic E-state index is 14.0. The SMILES string of the molecule is C=Cc1c2[n-]c(c1C)/C=C1\[N-]/C(=C3\c4[n-]c(c(C)c4C(=O)C3C(=O)OC)/C=c3\[n-]/c(c(C)c3CC)=C\2)C(CCC(=O)OC)C1C.[Co]. The van der Waals surface area contributed by atoms with E-state index in [0.717, 1.165) is 56.5 Å². The van der Waals surface area contributed by atoms with Crippen molar-refractivity contribution in [2.24, 2.45) is 17.8 Å². The molecule has 5 heterocycles. The number of hydrogen-bond acceptors (Lipinski definition) is 5. The molecule has 3 aromatic rings. The number of aromatic nitrogens is 3. The molecule has 1 saturated heterocycles. The fourth-order valence-corrected chi connectivity index (χ4v) is 7.02. The van der Waals surface area contributed by atoms with Gasteiger partial charge in [-0.3, -0.25) is 14.4 Å². The Labute approximate surface area is 278 Å². The van der Waals surface area contributed by atoms with E-state index >= 15 is 0 Å². The zero-order valence-corrected chi connectivity index (χ0v) is 28.1. The molecule has 3 aromatic heterocycles. The van der Waals surface area contributed by atoms with Crippen molar-refractivity contribution < 1.29 is 40.6 Å². The van der Waals surface area contributed by atoms with Gasteiger partial charge in [-0.15, -0.1) is 33.5 Å². The topological polar surface area (TPSA) is 126 Å². The first kappa shape index (κ1) is 33.1. The second-order valence-electron chi connectivity index (χ2n) is 11.9. The Balaban J connectivity index is 0.00000417. The van der Waals surface area contributed by atoms with Crippen molar-refractivity contribution in [1.82, 2.24) is 15.0 Å². The minimum atomic E-state index is -1.20. The minimum Gasteiger partial charge on any atom is -0.664 e. The predicted octanol–water partition coefficient (Wildman–Crippen LogP) is 3.99. The Bertz CT molecular complexity index is 1990. The Morgan fingerprint density at radius 3 is 2.28 bits per heavy atom. The largest absolute Gasteiger partial charge is 0.664 e. The second kappa shape index (κ2) is 12.5. The first-order valence-corrected chi connectivity index (χ1v) is 15.2. The van der Waals surface area contributed by atoms with Crippen LogP contribution in [0.5, 0.6) is 0 Å². The number of ether oxygens (including phenoxy) is 2. The summed E-state index contributed by atoms with van der Waals surface area (Å²) in [6.45, 7) is 14.1. The average molecular weight is 664 g/mol. The van der Waals surface area contributed by atoms with E-state index in [1.165, 1.54) is 14.2 Å². The number of ketones is 1. The Kier molecular flexibility index (Phi) is 8.98. The molecule has 0 spiro atoms. The molecular weight excluding hydrogens is 627 g/mol. The minimum absolute atomic E-state index is 0. The summed E-state index contributed by atoms with van der Waals surface area (Å²) in [4.78, 5) is 54.6. The third kappa shape index (κ3) is 5.04. The van der Waals surface area contributed by atoms with Crippen molar-refractivity contribution in [3.63, 3.8) is 0 Å². The van der Waals surface area contributed by atoms with E-state index in [1.807, 2.05) is 45.1 Å². The van der Waals surface area contributed by atoms with Gasteiger partial charge in [0.2, 0.25) is 0 Å². The van der Waals surface area contributed by atoms with Crippen molar-refractivity contribution >= 4 is 47.6 Å². The van der Waals surface area contributed by atoms with Crippen LogP contribution in [0.2, 0.25) is 0 Å². The predicted molar refractivity (Wildman–Crippen MR) is 171 cm³/mol. The summed E-state index contributed by atoms with van der Waals surface area (Å²) in [6, 6.07) is 0. The smallest absolute Gasteiger partial charge is 0.321 e. The molecule has 0 amide bonds. The van der Waals surface area contributed by atoms with E-state index in [-0.39, 0.29) is 46.8 Å². The number of carbonyl (C=O) groups excluding carboxylic acids is 3. The van der Waals surface area contributed by atoms with Crippen LogP contribution in [-0.2, 0) is 42.3 Å². The summed E-state index contributed by atoms with van der Waals surface area (Å²) in [5.41, 5.74) is 9.40. The normalized spacial score (nSPS) is 23.7. The maximum absolute atomic E-state index is 14.0. The van der Waals surface area contributed by atoms with Crippen molar-refractivity contribution in [2.75, 3.05) is 14.2 Å². The molecule has 243 valence electrons. The van der Waals surface area contributed by atoms with E-state index in [0.29, 0.717) is 40.2 Å². The summed E-state index contributed by atoms with van der Waals surface area (Å²) < 4.78 is 10.1. The molecule has 3 atom stereocenters. The number of hydrogen-bond donors (Lipinski definition) is 0. The Hall–Kier alpha value is -4.28. The van der Waals surface area contributed by atoms with Gasteiger partial charge in [0.25, 0.3) is 0 Å². The molecule has 1 radical (unpaired) electrons. The first-order chi connectivity index (χ1) is 21.5. The van der Waals surface area contributed by atoms with Gasteiger partial charge in [0.15, 0.2) is 5.78 Å². The van der Waals surface area contributed by atoms with Gasteiger partial charge in [-0.05, 0) is 51.0 Å². The van der Waals surface area contributed by atoms with Gasteiger partial charge in [-0.25, -0.2) is 0 Å². The van der Waals surface area contributed by atoms with Crippen molar-refractivity contribution in [1.29, 1.82) is 0 Å². The molecular formula is C36H36CoN4O5-4. The summed E-state index contributed by atoms with van der Waals surface area (Å²) in [6.07, 6.45) is 9.00. The maximum Gasteiger partial charge on any atom is 0.321 e. The van der Waals surface area contributed by atoms with Crippen LogP contribution in [0.15, 0.2) is 18.0 Å². The van der Waals surface area contributed by atoms with E-state index < -0.39 is 11.9 Å². The summed E-state index contributed by atoms with van der Waals surface area (Å²) in [7, 11) is 2.63. The van der Waals surface area contributed by atoms with E-state index in [2.05, 4.69) is 20.4 Å². The second-order valence-corrected chi connectivity index (χ2v) is 11.9. The molecule has 0 N–H and O–H groups in total. The molecule has 46 heavy (non-hydrogen) atoms. The summed E-state index contributed by atoms with van der Waals surface area (Å²) in [5, 5.41) is 6.70. The van der Waals surface area contributed by atoms with Crippen LogP contribution < -0.4 is 25.7 Å². The summed E-state index contributed by atoms with van der Waals surface area (Å²) >= 11 is 0. The quantitative estimate of drug-likeness (QED) is 0.287. The zero-order valence-electron chi connectivity index (χ0n) is 27.0. The van der Waals surface area contributed by atoms with Crippen molar-refractivity contribution in [3.8, 4) is 0 Å². The van der Waals surface area contributed by atoms with Crippen LogP contribution >= 0.6 is 0 Å². The van der Waals surface area contributed by atoms with Gasteiger partial charge < -0.3 is 29.7 Å². The third-order valence-corrected chi connectivity index (χ3v) is 9.63. The van der Waals surface area contributed by atoms with Crippen molar-refractivity contribution in [2.45, 2.75) is 53.9 Å². The molecule has 0 saturated carbocycles. The number of nitrogens with zero attached hydrogens (tertiary/aromatic N) is 4. The van der Waals surface area contributed by atoms with E-state index in [1.54, 1.807) is 0 Å². The van der Waals surface area contributed by atoms with Crippen LogP contribution in [0.1, 0.15) is 87.6 Å². The summed E-state index contributed by atoms with van der Waals surface area (Å²) in [5.74, 6) is -3.01. The molecule has 1 aliphatic carbocycles. The first-order valence-electron chi connectivity index (χ1n) is 15.2. The number of allylic oxidation sites excluding steroid dienone is 2. The number of methoxy groups -OCH3 is 2. The Morgan fingerprint density at radius 1 is 0.935 bits per heavy atom. The van der Waals surface area contributed by atoms with Crippen LogP contribution in [0.4, 0.5) is 0 Å². The molecule has 3 unspecified atom stereocenters. The standard InChI is InChI=1S/C36H37N4O5.Co/c1-9-20-16(3)23-13-25-18(5)22(11-12-29(41)44-7)33(39-25)31-32(36(43)45-8)35(42)30-19(6)26(40-34(30)31)15-28-21(10-2)17(4)24(38-28)14-27(20)37-23;/h9,13-15,18,22,32H,1,10-12H2,2-8H3,(H-,39,40,42);/q-3;/p-1/b24-14-,25-13-,28-15-;. The van der Waals surface area contributed by atoms with Crippen LogP contribution in [0.25, 0.3) is 35.2 Å². The number of Topliss-reactive ketones (excluding diaryl/α,β-unsaturated/α-hetero) is 1. The van der Waals surface area contributed by atoms with Gasteiger partial charge in [-0.2, -0.15) is 11.4 Å². The van der Waals surface area contributed by atoms with Gasteiger partial charge in [0.05, 0.1) is 14.2 Å². The van der Waals surface area contributed by atoms with Crippen LogP contribution in [-0.4, -0.2) is 31.9 Å². The Morgan fingerprint density at radius 2 is 1.63 bits per heavy atom. The molecule has 10 heteroatoms. The molecule has 8 bridgehead atoms. The van der Waals surface area contributed by atoms with E-state index in [9.17, 15) is 14.4 Å². The van der Waals surface area contributed by atoms with Crippen LogP contribution in [0, 0.1) is 38.5 Å². The monoisotopic (exact) mass is 663 g/mol. The van der Waals surface area contributed by atoms with Gasteiger partial charge in [0, 0.05) is 28.8 Å².